The third-order valence-electron chi connectivity index (χ3n) is 2.40. The molecule has 1 N–H and O–H groups in total. The van der Waals surface area contributed by atoms with Gasteiger partial charge in [0.25, 0.3) is 0 Å². The molecule has 0 saturated carbocycles. The zero-order chi connectivity index (χ0) is 13.1. The van der Waals surface area contributed by atoms with E-state index in [4.69, 9.17) is 23.2 Å². The first kappa shape index (κ1) is 13.7. The highest BCUT2D eigenvalue weighted by molar-refractivity contribution is 9.10. The van der Waals surface area contributed by atoms with Gasteiger partial charge in [0.05, 0.1) is 14.5 Å². The molecule has 2 aromatic carbocycles. The molecular formula is C13H9BrCl2FN. The molecule has 0 atom stereocenters. The summed E-state index contributed by atoms with van der Waals surface area (Å²) in [7, 11) is 0. The lowest BCUT2D eigenvalue weighted by Crippen LogP contribution is -1.99. The fourth-order valence-electron chi connectivity index (χ4n) is 1.46. The minimum atomic E-state index is -0.282. The number of halogens is 4. The highest BCUT2D eigenvalue weighted by atomic mass is 79.9. The highest BCUT2D eigenvalue weighted by Gasteiger charge is 2.02. The van der Waals surface area contributed by atoms with E-state index in [1.165, 1.54) is 6.07 Å². The molecule has 18 heavy (non-hydrogen) atoms. The van der Waals surface area contributed by atoms with E-state index in [9.17, 15) is 4.39 Å². The van der Waals surface area contributed by atoms with Gasteiger partial charge in [0.2, 0.25) is 0 Å². The van der Waals surface area contributed by atoms with E-state index in [0.29, 0.717) is 21.1 Å². The van der Waals surface area contributed by atoms with Crippen LogP contribution in [0, 0.1) is 5.82 Å². The predicted molar refractivity (Wildman–Crippen MR) is 77.9 cm³/mol. The number of hydrogen-bond donors (Lipinski definition) is 1. The summed E-state index contributed by atoms with van der Waals surface area (Å²) in [4.78, 5) is 0. The van der Waals surface area contributed by atoms with E-state index in [1.807, 2.05) is 6.07 Å². The molecule has 0 aliphatic rings. The molecular weight excluding hydrogens is 340 g/mol. The number of rotatable bonds is 3. The maximum Gasteiger partial charge on any atom is 0.137 e. The zero-order valence-electron chi connectivity index (χ0n) is 9.18. The first-order valence-corrected chi connectivity index (χ1v) is 6.74. The fourth-order valence-corrected chi connectivity index (χ4v) is 2.16. The summed E-state index contributed by atoms with van der Waals surface area (Å²) in [5.74, 6) is -0.282. The van der Waals surface area contributed by atoms with Crippen molar-refractivity contribution in [1.82, 2.24) is 0 Å². The molecule has 2 rings (SSSR count). The van der Waals surface area contributed by atoms with E-state index in [-0.39, 0.29) is 5.82 Å². The van der Waals surface area contributed by atoms with Crippen LogP contribution >= 0.6 is 39.1 Å². The Balaban J connectivity index is 2.06. The molecule has 0 saturated heterocycles. The van der Waals surface area contributed by atoms with Gasteiger partial charge in [-0.05, 0) is 51.8 Å². The molecule has 0 heterocycles. The van der Waals surface area contributed by atoms with Gasteiger partial charge in [-0.25, -0.2) is 4.39 Å². The van der Waals surface area contributed by atoms with Crippen LogP contribution in [0.1, 0.15) is 5.56 Å². The second-order valence-corrected chi connectivity index (χ2v) is 5.40. The molecule has 1 nitrogen and oxygen atoms in total. The lowest BCUT2D eigenvalue weighted by Gasteiger charge is -2.08. The Morgan fingerprint density at radius 3 is 2.50 bits per heavy atom. The van der Waals surface area contributed by atoms with Gasteiger partial charge in [-0.3, -0.25) is 0 Å². The first-order chi connectivity index (χ1) is 8.56. The van der Waals surface area contributed by atoms with Crippen LogP contribution in [0.5, 0.6) is 0 Å². The first-order valence-electron chi connectivity index (χ1n) is 5.19. The van der Waals surface area contributed by atoms with E-state index in [1.54, 1.807) is 24.3 Å². The average Bonchev–Trinajstić information content (AvgIpc) is 2.35. The maximum atomic E-state index is 13.1. The van der Waals surface area contributed by atoms with Gasteiger partial charge in [-0.2, -0.15) is 0 Å². The normalized spacial score (nSPS) is 10.4. The largest absolute Gasteiger partial charge is 0.381 e. The van der Waals surface area contributed by atoms with Crippen LogP contribution in [0.15, 0.2) is 40.9 Å². The van der Waals surface area contributed by atoms with Crippen molar-refractivity contribution in [3.63, 3.8) is 0 Å². The summed E-state index contributed by atoms with van der Waals surface area (Å²) in [6, 6.07) is 10.2. The van der Waals surface area contributed by atoms with Gasteiger partial charge in [0.1, 0.15) is 5.82 Å². The molecule has 0 amide bonds. The third-order valence-corrected chi connectivity index (χ3v) is 3.75. The van der Waals surface area contributed by atoms with Gasteiger partial charge in [0.15, 0.2) is 0 Å². The number of anilines is 1. The molecule has 0 aliphatic heterocycles. The van der Waals surface area contributed by atoms with Crippen molar-refractivity contribution in [1.29, 1.82) is 0 Å². The van der Waals surface area contributed by atoms with Crippen LogP contribution in [-0.2, 0) is 6.54 Å². The molecule has 0 unspecified atom stereocenters. The molecule has 94 valence electrons. The molecule has 0 bridgehead atoms. The SMILES string of the molecule is Fc1ccc(NCc2ccc(Cl)c(Cl)c2)cc1Br. The molecule has 0 radical (unpaired) electrons. The summed E-state index contributed by atoms with van der Waals surface area (Å²) in [6.07, 6.45) is 0. The van der Waals surface area contributed by atoms with Crippen molar-refractivity contribution in [2.75, 3.05) is 5.32 Å². The zero-order valence-corrected chi connectivity index (χ0v) is 12.3. The highest BCUT2D eigenvalue weighted by Crippen LogP contribution is 2.24. The smallest absolute Gasteiger partial charge is 0.137 e. The molecule has 0 spiro atoms. The van der Waals surface area contributed by atoms with E-state index >= 15 is 0 Å². The van der Waals surface area contributed by atoms with E-state index in [2.05, 4.69) is 21.2 Å². The predicted octanol–water partition coefficient (Wildman–Crippen LogP) is 5.51. The Kier molecular flexibility index (Phi) is 4.49. The number of hydrogen-bond acceptors (Lipinski definition) is 1. The van der Waals surface area contributed by atoms with Crippen LogP contribution in [0.2, 0.25) is 10.0 Å². The quantitative estimate of drug-likeness (QED) is 0.771. The lowest BCUT2D eigenvalue weighted by atomic mass is 10.2. The summed E-state index contributed by atoms with van der Waals surface area (Å²) in [5.41, 5.74) is 1.83. The Labute approximate surface area is 123 Å². The topological polar surface area (TPSA) is 12.0 Å². The van der Waals surface area contributed by atoms with Crippen LogP contribution in [0.25, 0.3) is 0 Å². The average molecular weight is 349 g/mol. The van der Waals surface area contributed by atoms with Crippen LogP contribution in [-0.4, -0.2) is 0 Å². The van der Waals surface area contributed by atoms with Crippen LogP contribution < -0.4 is 5.32 Å². The van der Waals surface area contributed by atoms with Crippen molar-refractivity contribution in [3.05, 3.63) is 62.3 Å². The second-order valence-electron chi connectivity index (χ2n) is 3.73. The van der Waals surface area contributed by atoms with Gasteiger partial charge < -0.3 is 5.32 Å². The fraction of sp³-hybridized carbons (Fsp3) is 0.0769. The van der Waals surface area contributed by atoms with Gasteiger partial charge >= 0.3 is 0 Å². The van der Waals surface area contributed by atoms with Crippen LogP contribution in [0.3, 0.4) is 0 Å². The Hall–Kier alpha value is -0.770. The van der Waals surface area contributed by atoms with Gasteiger partial charge in [0, 0.05) is 12.2 Å². The van der Waals surface area contributed by atoms with E-state index in [0.717, 1.165) is 11.3 Å². The van der Waals surface area contributed by atoms with Crippen molar-refractivity contribution >= 4 is 44.8 Å². The molecule has 0 fully saturated rings. The summed E-state index contributed by atoms with van der Waals surface area (Å²) < 4.78 is 13.5. The standard InChI is InChI=1S/C13H9BrCl2FN/c14-10-6-9(2-4-13(10)17)18-7-8-1-3-11(15)12(16)5-8/h1-6,18H,7H2. The Morgan fingerprint density at radius 1 is 1.06 bits per heavy atom. The van der Waals surface area contributed by atoms with Gasteiger partial charge in [-0.15, -0.1) is 0 Å². The minimum absolute atomic E-state index is 0.282. The maximum absolute atomic E-state index is 13.1. The van der Waals surface area contributed by atoms with Crippen LogP contribution in [0.4, 0.5) is 10.1 Å². The second kappa shape index (κ2) is 5.91. The Morgan fingerprint density at radius 2 is 1.83 bits per heavy atom. The molecule has 0 aliphatic carbocycles. The number of benzene rings is 2. The van der Waals surface area contributed by atoms with Crippen molar-refractivity contribution in [3.8, 4) is 0 Å². The summed E-state index contributed by atoms with van der Waals surface area (Å²) in [5, 5.41) is 4.23. The Bertz CT molecular complexity index is 523. The van der Waals surface area contributed by atoms with E-state index < -0.39 is 0 Å². The van der Waals surface area contributed by atoms with Gasteiger partial charge in [-0.1, -0.05) is 29.3 Å². The number of nitrogens with one attached hydrogen (secondary N) is 1. The molecule has 2 aromatic rings. The van der Waals surface area contributed by atoms with Crippen molar-refractivity contribution < 1.29 is 4.39 Å². The molecule has 5 heteroatoms. The third kappa shape index (κ3) is 3.37. The monoisotopic (exact) mass is 347 g/mol. The minimum Gasteiger partial charge on any atom is -0.381 e. The summed E-state index contributed by atoms with van der Waals surface area (Å²) >= 11 is 14.9. The lowest BCUT2D eigenvalue weighted by molar-refractivity contribution is 0.621. The van der Waals surface area contributed by atoms with Crippen molar-refractivity contribution in [2.24, 2.45) is 0 Å². The van der Waals surface area contributed by atoms with Crippen molar-refractivity contribution in [2.45, 2.75) is 6.54 Å². The summed E-state index contributed by atoms with van der Waals surface area (Å²) in [6.45, 7) is 0.592. The molecule has 0 aromatic heterocycles.